The van der Waals surface area contributed by atoms with Gasteiger partial charge in [-0.15, -0.1) is 0 Å². The summed E-state index contributed by atoms with van der Waals surface area (Å²) >= 11 is 4.88. The van der Waals surface area contributed by atoms with E-state index in [2.05, 4.69) is 9.97 Å². The van der Waals surface area contributed by atoms with Gasteiger partial charge in [-0.1, -0.05) is 12.2 Å². The Morgan fingerprint density at radius 2 is 2.28 bits per heavy atom. The Bertz CT molecular complexity index is 506. The topological polar surface area (TPSA) is 98.1 Å². The highest BCUT2D eigenvalue weighted by atomic mass is 32.1. The van der Waals surface area contributed by atoms with Gasteiger partial charge in [0.05, 0.1) is 5.41 Å². The minimum Gasteiger partial charge on any atom is -0.388 e. The van der Waals surface area contributed by atoms with E-state index in [1.807, 2.05) is 11.8 Å². The molecule has 6 nitrogen and oxygen atoms in total. The Balaban J connectivity index is 2.22. The summed E-state index contributed by atoms with van der Waals surface area (Å²) < 4.78 is 0. The minimum absolute atomic E-state index is 0.232. The number of amides is 1. The van der Waals surface area contributed by atoms with Crippen molar-refractivity contribution in [1.82, 2.24) is 9.97 Å². The summed E-state index contributed by atoms with van der Waals surface area (Å²) in [6.07, 6.45) is 2.31. The van der Waals surface area contributed by atoms with Crippen molar-refractivity contribution in [3.05, 3.63) is 18.0 Å². The van der Waals surface area contributed by atoms with Crippen molar-refractivity contribution in [3.63, 3.8) is 0 Å². The summed E-state index contributed by atoms with van der Waals surface area (Å²) in [4.78, 5) is 22.0. The molecule has 18 heavy (non-hydrogen) atoms. The number of hydrogen-bond donors (Lipinski definition) is 2. The van der Waals surface area contributed by atoms with Crippen molar-refractivity contribution in [3.8, 4) is 0 Å². The number of rotatable bonds is 3. The van der Waals surface area contributed by atoms with Crippen molar-refractivity contribution < 1.29 is 4.79 Å². The van der Waals surface area contributed by atoms with Crippen LogP contribution in [0.2, 0.25) is 0 Å². The smallest absolute Gasteiger partial charge is 0.225 e. The summed E-state index contributed by atoms with van der Waals surface area (Å²) in [5.41, 5.74) is 10.9. The van der Waals surface area contributed by atoms with E-state index in [1.165, 1.54) is 0 Å². The van der Waals surface area contributed by atoms with Gasteiger partial charge in [0.2, 0.25) is 11.9 Å². The molecule has 2 heterocycles. The Morgan fingerprint density at radius 1 is 1.56 bits per heavy atom. The molecule has 0 aromatic carbocycles. The number of primary amides is 1. The largest absolute Gasteiger partial charge is 0.388 e. The normalized spacial score (nSPS) is 23.1. The summed E-state index contributed by atoms with van der Waals surface area (Å²) in [5.74, 6) is 0.237. The van der Waals surface area contributed by atoms with Gasteiger partial charge in [0.25, 0.3) is 0 Å². The molecule has 1 unspecified atom stereocenters. The van der Waals surface area contributed by atoms with E-state index in [1.54, 1.807) is 12.3 Å². The molecule has 2 rings (SSSR count). The van der Waals surface area contributed by atoms with E-state index in [4.69, 9.17) is 23.7 Å². The van der Waals surface area contributed by atoms with E-state index in [0.29, 0.717) is 31.2 Å². The lowest BCUT2D eigenvalue weighted by molar-refractivity contribution is -0.125. The Hall–Kier alpha value is -1.76. The average Bonchev–Trinajstić information content (AvgIpc) is 2.73. The monoisotopic (exact) mass is 265 g/mol. The first-order valence-electron chi connectivity index (χ1n) is 5.60. The molecule has 4 N–H and O–H groups in total. The fourth-order valence-electron chi connectivity index (χ4n) is 1.97. The number of nitrogens with zero attached hydrogens (tertiary/aromatic N) is 3. The summed E-state index contributed by atoms with van der Waals surface area (Å²) in [5, 5.41) is 0. The highest BCUT2D eigenvalue weighted by Crippen LogP contribution is 2.31. The number of hydrogen-bond acceptors (Lipinski definition) is 5. The number of aromatic nitrogens is 2. The van der Waals surface area contributed by atoms with Gasteiger partial charge in [-0.3, -0.25) is 4.79 Å². The zero-order valence-electron chi connectivity index (χ0n) is 10.1. The Labute approximate surface area is 110 Å². The van der Waals surface area contributed by atoms with Crippen LogP contribution in [0.3, 0.4) is 0 Å². The zero-order valence-corrected chi connectivity index (χ0v) is 10.9. The molecule has 1 saturated heterocycles. The van der Waals surface area contributed by atoms with Gasteiger partial charge in [-0.05, 0) is 19.4 Å². The highest BCUT2D eigenvalue weighted by Gasteiger charge is 2.39. The summed E-state index contributed by atoms with van der Waals surface area (Å²) in [6.45, 7) is 3.07. The van der Waals surface area contributed by atoms with Crippen LogP contribution in [0.4, 0.5) is 5.95 Å². The lowest BCUT2D eigenvalue weighted by atomic mass is 9.89. The first-order chi connectivity index (χ1) is 8.42. The molecule has 0 bridgehead atoms. The predicted molar refractivity (Wildman–Crippen MR) is 72.1 cm³/mol. The van der Waals surface area contributed by atoms with E-state index in [9.17, 15) is 4.79 Å². The molecule has 0 spiro atoms. The van der Waals surface area contributed by atoms with Gasteiger partial charge < -0.3 is 16.4 Å². The fourth-order valence-corrected chi connectivity index (χ4v) is 2.08. The Morgan fingerprint density at radius 3 is 2.83 bits per heavy atom. The van der Waals surface area contributed by atoms with Crippen LogP contribution in [0.1, 0.15) is 19.0 Å². The van der Waals surface area contributed by atoms with Crippen molar-refractivity contribution in [2.24, 2.45) is 16.9 Å². The number of carbonyl (C=O) groups is 1. The molecule has 1 aliphatic heterocycles. The molecular weight excluding hydrogens is 250 g/mol. The highest BCUT2D eigenvalue weighted by molar-refractivity contribution is 7.80. The second-order valence-electron chi connectivity index (χ2n) is 4.70. The van der Waals surface area contributed by atoms with Gasteiger partial charge >= 0.3 is 0 Å². The van der Waals surface area contributed by atoms with Crippen LogP contribution < -0.4 is 16.4 Å². The number of nitrogens with two attached hydrogens (primary N) is 2. The third-order valence-corrected chi connectivity index (χ3v) is 3.46. The molecule has 1 aliphatic rings. The van der Waals surface area contributed by atoms with Crippen LogP contribution in [0, 0.1) is 5.41 Å². The molecule has 1 atom stereocenters. The molecule has 1 amide bonds. The van der Waals surface area contributed by atoms with Crippen molar-refractivity contribution >= 4 is 29.1 Å². The van der Waals surface area contributed by atoms with E-state index in [-0.39, 0.29) is 10.9 Å². The van der Waals surface area contributed by atoms with Crippen LogP contribution in [0.25, 0.3) is 0 Å². The lowest BCUT2D eigenvalue weighted by Crippen LogP contribution is -2.37. The molecule has 0 saturated carbocycles. The molecule has 0 aliphatic carbocycles. The lowest BCUT2D eigenvalue weighted by Gasteiger charge is -2.21. The number of carbonyl (C=O) groups excluding carboxylic acids is 1. The summed E-state index contributed by atoms with van der Waals surface area (Å²) in [7, 11) is 0. The maximum Gasteiger partial charge on any atom is 0.225 e. The van der Waals surface area contributed by atoms with Crippen LogP contribution in [-0.2, 0) is 4.79 Å². The minimum atomic E-state index is -0.525. The van der Waals surface area contributed by atoms with Crippen molar-refractivity contribution in [2.45, 2.75) is 13.3 Å². The van der Waals surface area contributed by atoms with Gasteiger partial charge in [-0.25, -0.2) is 9.97 Å². The van der Waals surface area contributed by atoms with Gasteiger partial charge in [-0.2, -0.15) is 0 Å². The number of anilines is 1. The standard InChI is InChI=1S/C11H15N5OS/c1-11(9(13)17)3-5-16(6-11)10-14-4-2-7(15-10)8(12)18/h2,4H,3,5-6H2,1H3,(H2,12,18)(H2,13,17). The maximum atomic E-state index is 11.4. The molecule has 1 aromatic rings. The third kappa shape index (κ3) is 2.26. The first-order valence-corrected chi connectivity index (χ1v) is 6.01. The van der Waals surface area contributed by atoms with E-state index >= 15 is 0 Å². The van der Waals surface area contributed by atoms with Crippen LogP contribution in [0.5, 0.6) is 0 Å². The maximum absolute atomic E-state index is 11.4. The third-order valence-electron chi connectivity index (χ3n) is 3.25. The molecule has 96 valence electrons. The summed E-state index contributed by atoms with van der Waals surface area (Å²) in [6, 6.07) is 1.66. The molecule has 7 heteroatoms. The average molecular weight is 265 g/mol. The SMILES string of the molecule is CC1(C(N)=O)CCN(c2nccc(C(N)=S)n2)C1. The van der Waals surface area contributed by atoms with Gasteiger partial charge in [0.15, 0.2) is 0 Å². The quantitative estimate of drug-likeness (QED) is 0.735. The van der Waals surface area contributed by atoms with Gasteiger partial charge in [0, 0.05) is 19.3 Å². The van der Waals surface area contributed by atoms with Crippen LogP contribution in [0.15, 0.2) is 12.3 Å². The van der Waals surface area contributed by atoms with E-state index in [0.717, 1.165) is 0 Å². The van der Waals surface area contributed by atoms with Crippen LogP contribution >= 0.6 is 12.2 Å². The van der Waals surface area contributed by atoms with Crippen molar-refractivity contribution in [2.75, 3.05) is 18.0 Å². The van der Waals surface area contributed by atoms with E-state index < -0.39 is 5.41 Å². The van der Waals surface area contributed by atoms with Crippen molar-refractivity contribution in [1.29, 1.82) is 0 Å². The molecule has 1 aromatic heterocycles. The molecule has 0 radical (unpaired) electrons. The predicted octanol–water partition coefficient (Wildman–Crippen LogP) is -0.187. The molecular formula is C11H15N5OS. The second kappa shape index (κ2) is 4.49. The Kier molecular flexibility index (Phi) is 3.16. The zero-order chi connectivity index (χ0) is 13.3. The fraction of sp³-hybridized carbons (Fsp3) is 0.455. The first kappa shape index (κ1) is 12.7. The van der Waals surface area contributed by atoms with Gasteiger partial charge in [0.1, 0.15) is 10.7 Å². The molecule has 1 fully saturated rings. The second-order valence-corrected chi connectivity index (χ2v) is 5.14. The number of thiocarbonyl (C=S) groups is 1. The van der Waals surface area contributed by atoms with Crippen LogP contribution in [-0.4, -0.2) is 34.0 Å².